The smallest absolute Gasteiger partial charge is 0.270 e. The van der Waals surface area contributed by atoms with Crippen LogP contribution in [0.3, 0.4) is 0 Å². The molecule has 0 N–H and O–H groups in total. The van der Waals surface area contributed by atoms with Gasteiger partial charge in [0.25, 0.3) is 5.69 Å². The van der Waals surface area contributed by atoms with Crippen molar-refractivity contribution in [2.45, 2.75) is 13.5 Å². The van der Waals surface area contributed by atoms with Crippen LogP contribution in [0.15, 0.2) is 93.0 Å². The Morgan fingerprint density at radius 1 is 1.13 bits per heavy atom. The molecule has 7 nitrogen and oxygen atoms in total. The van der Waals surface area contributed by atoms with Crippen molar-refractivity contribution in [1.29, 1.82) is 0 Å². The van der Waals surface area contributed by atoms with Gasteiger partial charge in [-0.05, 0) is 24.6 Å². The predicted octanol–water partition coefficient (Wildman–Crippen LogP) is 5.09. The number of thiazole rings is 1. The van der Waals surface area contributed by atoms with E-state index in [1.807, 2.05) is 52.4 Å². The van der Waals surface area contributed by atoms with Crippen molar-refractivity contribution in [2.75, 3.05) is 0 Å². The van der Waals surface area contributed by atoms with E-state index >= 15 is 0 Å². The third-order valence-electron chi connectivity index (χ3n) is 4.52. The first kappa shape index (κ1) is 19.5. The van der Waals surface area contributed by atoms with Crippen LogP contribution in [0.1, 0.15) is 18.2 Å². The van der Waals surface area contributed by atoms with Crippen molar-refractivity contribution in [3.63, 3.8) is 0 Å². The minimum Gasteiger partial charge on any atom is -0.467 e. The molecule has 150 valence electrons. The van der Waals surface area contributed by atoms with Crippen molar-refractivity contribution < 1.29 is 9.34 Å². The molecule has 0 saturated carbocycles. The number of benzene rings is 2. The first-order chi connectivity index (χ1) is 14.6. The summed E-state index contributed by atoms with van der Waals surface area (Å²) in [6.07, 6.45) is 1.64. The Hall–Kier alpha value is -3.78. The molecule has 0 aliphatic heterocycles. The number of nitrogens with zero attached hydrogens (tertiary/aromatic N) is 4. The van der Waals surface area contributed by atoms with Gasteiger partial charge >= 0.3 is 0 Å². The fraction of sp³-hybridized carbons (Fsp3) is 0.0909. The van der Waals surface area contributed by atoms with Gasteiger partial charge in [0.05, 0.1) is 29.1 Å². The highest BCUT2D eigenvalue weighted by atomic mass is 32.1. The van der Waals surface area contributed by atoms with Crippen LogP contribution in [0.5, 0.6) is 0 Å². The van der Waals surface area contributed by atoms with E-state index in [1.165, 1.54) is 23.5 Å². The topological polar surface area (TPSA) is 85.9 Å². The zero-order valence-electron chi connectivity index (χ0n) is 16.1. The molecule has 0 aliphatic rings. The standard InChI is InChI=1S/C22H18N4O3S/c1-16(18-9-5-10-19(13-18)26(27)28)23-24-22-25(14-20-11-6-12-29-20)21(15-30-22)17-7-3-2-4-8-17/h2-13,15H,14H2,1H3/b23-16-,24-22+. The van der Waals surface area contributed by atoms with E-state index in [9.17, 15) is 10.1 Å². The summed E-state index contributed by atoms with van der Waals surface area (Å²) in [5, 5.41) is 21.8. The molecule has 30 heavy (non-hydrogen) atoms. The average Bonchev–Trinajstić information content (AvgIpc) is 3.43. The zero-order chi connectivity index (χ0) is 20.9. The molecule has 2 aromatic heterocycles. The van der Waals surface area contributed by atoms with E-state index < -0.39 is 4.92 Å². The van der Waals surface area contributed by atoms with Crippen LogP contribution in [0.2, 0.25) is 0 Å². The van der Waals surface area contributed by atoms with Gasteiger partial charge in [0, 0.05) is 23.1 Å². The van der Waals surface area contributed by atoms with Crippen molar-refractivity contribution in [3.05, 3.63) is 105 Å². The zero-order valence-corrected chi connectivity index (χ0v) is 17.0. The normalized spacial score (nSPS) is 12.3. The number of hydrogen-bond donors (Lipinski definition) is 0. The molecule has 2 aromatic carbocycles. The van der Waals surface area contributed by atoms with Crippen molar-refractivity contribution in [2.24, 2.45) is 10.2 Å². The lowest BCUT2D eigenvalue weighted by atomic mass is 10.1. The molecule has 0 spiro atoms. The Balaban J connectivity index is 1.75. The molecule has 0 bridgehead atoms. The Morgan fingerprint density at radius 2 is 1.97 bits per heavy atom. The van der Waals surface area contributed by atoms with Gasteiger partial charge in [-0.15, -0.1) is 16.4 Å². The third-order valence-corrected chi connectivity index (χ3v) is 5.38. The second kappa shape index (κ2) is 8.71. The summed E-state index contributed by atoms with van der Waals surface area (Å²) in [4.78, 5) is 11.3. The maximum absolute atomic E-state index is 11.0. The Morgan fingerprint density at radius 3 is 2.70 bits per heavy atom. The van der Waals surface area contributed by atoms with Crippen LogP contribution in [-0.4, -0.2) is 15.2 Å². The molecule has 0 unspecified atom stereocenters. The fourth-order valence-electron chi connectivity index (χ4n) is 2.98. The Kier molecular flexibility index (Phi) is 5.67. The maximum atomic E-state index is 11.0. The summed E-state index contributed by atoms with van der Waals surface area (Å²) >= 11 is 1.48. The van der Waals surface area contributed by atoms with Gasteiger partial charge in [0.2, 0.25) is 4.80 Å². The van der Waals surface area contributed by atoms with Gasteiger partial charge in [-0.25, -0.2) is 0 Å². The van der Waals surface area contributed by atoms with Crippen molar-refractivity contribution in [3.8, 4) is 11.3 Å². The molecule has 0 radical (unpaired) electrons. The summed E-state index contributed by atoms with van der Waals surface area (Å²) in [5.41, 5.74) is 3.36. The molecular formula is C22H18N4O3S. The van der Waals surface area contributed by atoms with Crippen molar-refractivity contribution >= 4 is 22.7 Å². The summed E-state index contributed by atoms with van der Waals surface area (Å²) in [6, 6.07) is 20.2. The molecule has 0 atom stereocenters. The van der Waals surface area contributed by atoms with Gasteiger partial charge in [0.1, 0.15) is 5.76 Å². The Labute approximate surface area is 176 Å². The van der Waals surface area contributed by atoms with E-state index in [0.29, 0.717) is 22.6 Å². The first-order valence-corrected chi connectivity index (χ1v) is 10.1. The number of nitro groups is 1. The van der Waals surface area contributed by atoms with E-state index in [-0.39, 0.29) is 5.69 Å². The van der Waals surface area contributed by atoms with Gasteiger partial charge in [0.15, 0.2) is 0 Å². The highest BCUT2D eigenvalue weighted by Crippen LogP contribution is 2.21. The Bertz CT molecular complexity index is 1260. The minimum absolute atomic E-state index is 0.0254. The van der Waals surface area contributed by atoms with Crippen LogP contribution in [0, 0.1) is 10.1 Å². The molecule has 8 heteroatoms. The number of rotatable bonds is 6. The van der Waals surface area contributed by atoms with Crippen LogP contribution in [0.4, 0.5) is 5.69 Å². The minimum atomic E-state index is -0.420. The van der Waals surface area contributed by atoms with Crippen LogP contribution < -0.4 is 4.80 Å². The van der Waals surface area contributed by atoms with Gasteiger partial charge in [-0.3, -0.25) is 10.1 Å². The number of hydrogen-bond acceptors (Lipinski definition) is 6. The van der Waals surface area contributed by atoms with Crippen LogP contribution in [-0.2, 0) is 6.54 Å². The molecule has 0 saturated heterocycles. The number of nitro benzene ring substituents is 1. The summed E-state index contributed by atoms with van der Waals surface area (Å²) < 4.78 is 7.57. The molecule has 4 aromatic rings. The highest BCUT2D eigenvalue weighted by Gasteiger charge is 2.11. The molecular weight excluding hydrogens is 400 g/mol. The molecule has 0 amide bonds. The lowest BCUT2D eigenvalue weighted by Crippen LogP contribution is -2.16. The monoisotopic (exact) mass is 418 g/mol. The quantitative estimate of drug-likeness (QED) is 0.248. The lowest BCUT2D eigenvalue weighted by molar-refractivity contribution is -0.384. The van der Waals surface area contributed by atoms with Gasteiger partial charge < -0.3 is 8.98 Å². The van der Waals surface area contributed by atoms with E-state index in [4.69, 9.17) is 4.42 Å². The average molecular weight is 418 g/mol. The van der Waals surface area contributed by atoms with Gasteiger partial charge in [-0.1, -0.05) is 42.5 Å². The van der Waals surface area contributed by atoms with Crippen molar-refractivity contribution in [1.82, 2.24) is 4.57 Å². The highest BCUT2D eigenvalue weighted by molar-refractivity contribution is 7.07. The number of aromatic nitrogens is 1. The van der Waals surface area contributed by atoms with Gasteiger partial charge in [-0.2, -0.15) is 5.10 Å². The van der Waals surface area contributed by atoms with Crippen LogP contribution >= 0.6 is 11.3 Å². The van der Waals surface area contributed by atoms with E-state index in [1.54, 1.807) is 25.3 Å². The molecule has 2 heterocycles. The molecule has 4 rings (SSSR count). The predicted molar refractivity (Wildman–Crippen MR) is 116 cm³/mol. The second-order valence-corrected chi connectivity index (χ2v) is 7.36. The summed E-state index contributed by atoms with van der Waals surface area (Å²) in [6.45, 7) is 2.30. The van der Waals surface area contributed by atoms with E-state index in [2.05, 4.69) is 10.2 Å². The third kappa shape index (κ3) is 4.28. The summed E-state index contributed by atoms with van der Waals surface area (Å²) in [5.74, 6) is 0.811. The lowest BCUT2D eigenvalue weighted by Gasteiger charge is -2.07. The van der Waals surface area contributed by atoms with Crippen LogP contribution in [0.25, 0.3) is 11.3 Å². The SMILES string of the molecule is C/C(=N/N=c1/scc(-c2ccccc2)n1Cc1ccco1)c1cccc([N+](=O)[O-])c1. The molecule has 0 aliphatic carbocycles. The largest absolute Gasteiger partial charge is 0.467 e. The first-order valence-electron chi connectivity index (χ1n) is 9.21. The number of non-ortho nitro benzene ring substituents is 1. The second-order valence-electron chi connectivity index (χ2n) is 6.53. The maximum Gasteiger partial charge on any atom is 0.270 e. The fourth-order valence-corrected chi connectivity index (χ4v) is 3.84. The number of furan rings is 1. The molecule has 0 fully saturated rings. The summed E-state index contributed by atoms with van der Waals surface area (Å²) in [7, 11) is 0. The van der Waals surface area contributed by atoms with E-state index in [0.717, 1.165) is 17.0 Å².